The highest BCUT2D eigenvalue weighted by molar-refractivity contribution is 7.87. The molecule has 2 unspecified atom stereocenters. The van der Waals surface area contributed by atoms with Crippen LogP contribution in [0.5, 0.6) is 5.75 Å². The molecule has 6 nitrogen and oxygen atoms in total. The molecule has 1 saturated heterocycles. The number of benzene rings is 1. The third kappa shape index (κ3) is 5.42. The van der Waals surface area contributed by atoms with E-state index >= 15 is 0 Å². The summed E-state index contributed by atoms with van der Waals surface area (Å²) in [6, 6.07) is 7.84. The van der Waals surface area contributed by atoms with E-state index in [0.717, 1.165) is 37.2 Å². The highest BCUT2D eigenvalue weighted by Gasteiger charge is 2.28. The van der Waals surface area contributed by atoms with Crippen LogP contribution in [-0.4, -0.2) is 57.5 Å². The summed E-state index contributed by atoms with van der Waals surface area (Å²) in [5.74, 6) is 1.20. The van der Waals surface area contributed by atoms with Gasteiger partial charge in [0.25, 0.3) is 10.2 Å². The Morgan fingerprint density at radius 3 is 2.69 bits per heavy atom. The zero-order valence-electron chi connectivity index (χ0n) is 16.4. The zero-order chi connectivity index (χ0) is 19.2. The van der Waals surface area contributed by atoms with E-state index in [1.54, 1.807) is 11.4 Å². The molecular weight excluding hydrogens is 350 g/mol. The van der Waals surface area contributed by atoms with Crippen molar-refractivity contribution in [2.75, 3.05) is 39.8 Å². The Hall–Kier alpha value is -1.15. The Labute approximate surface area is 158 Å². The molecule has 1 N–H and O–H groups in total. The first-order chi connectivity index (χ1) is 12.4. The Kier molecular flexibility index (Phi) is 7.88. The van der Waals surface area contributed by atoms with Crippen LogP contribution in [0.15, 0.2) is 24.3 Å². The van der Waals surface area contributed by atoms with Crippen LogP contribution in [-0.2, 0) is 10.2 Å². The van der Waals surface area contributed by atoms with Gasteiger partial charge >= 0.3 is 0 Å². The van der Waals surface area contributed by atoms with Gasteiger partial charge in [0, 0.05) is 25.7 Å². The van der Waals surface area contributed by atoms with Crippen LogP contribution in [0.25, 0.3) is 0 Å². The quantitative estimate of drug-likeness (QED) is 0.712. The lowest BCUT2D eigenvalue weighted by molar-refractivity contribution is 0.217. The fourth-order valence-electron chi connectivity index (χ4n) is 3.61. The van der Waals surface area contributed by atoms with E-state index in [1.165, 1.54) is 0 Å². The molecule has 0 spiro atoms. The van der Waals surface area contributed by atoms with Gasteiger partial charge in [-0.15, -0.1) is 0 Å². The molecule has 0 aromatic heterocycles. The van der Waals surface area contributed by atoms with Crippen molar-refractivity contribution < 1.29 is 13.2 Å². The lowest BCUT2D eigenvalue weighted by Gasteiger charge is -2.33. The van der Waals surface area contributed by atoms with Gasteiger partial charge in [-0.05, 0) is 49.5 Å². The van der Waals surface area contributed by atoms with Crippen molar-refractivity contribution in [2.45, 2.75) is 39.7 Å². The summed E-state index contributed by atoms with van der Waals surface area (Å²) < 4.78 is 35.3. The second-order valence-electron chi connectivity index (χ2n) is 6.97. The predicted octanol–water partition coefficient (Wildman–Crippen LogP) is 2.64. The van der Waals surface area contributed by atoms with Crippen molar-refractivity contribution in [3.05, 3.63) is 29.8 Å². The summed E-state index contributed by atoms with van der Waals surface area (Å²) in [5, 5.41) is 0. The van der Waals surface area contributed by atoms with Crippen molar-refractivity contribution in [1.29, 1.82) is 0 Å². The van der Waals surface area contributed by atoms with E-state index in [9.17, 15) is 8.42 Å². The smallest absolute Gasteiger partial charge is 0.279 e. The molecule has 148 valence electrons. The van der Waals surface area contributed by atoms with Crippen molar-refractivity contribution >= 4 is 10.2 Å². The fraction of sp³-hybridized carbons (Fsp3) is 0.684. The molecule has 26 heavy (non-hydrogen) atoms. The van der Waals surface area contributed by atoms with Crippen molar-refractivity contribution in [2.24, 2.45) is 5.92 Å². The third-order valence-electron chi connectivity index (χ3n) is 5.15. The van der Waals surface area contributed by atoms with Gasteiger partial charge in [-0.1, -0.05) is 32.9 Å². The van der Waals surface area contributed by atoms with Crippen LogP contribution in [0.3, 0.4) is 0 Å². The van der Waals surface area contributed by atoms with Gasteiger partial charge in [0.05, 0.1) is 7.11 Å². The van der Waals surface area contributed by atoms with Gasteiger partial charge < -0.3 is 4.74 Å². The van der Waals surface area contributed by atoms with Crippen LogP contribution in [0.1, 0.15) is 45.2 Å². The van der Waals surface area contributed by atoms with E-state index in [2.05, 4.69) is 30.4 Å². The number of nitrogens with zero attached hydrogens (tertiary/aromatic N) is 2. The first kappa shape index (κ1) is 21.2. The van der Waals surface area contributed by atoms with Crippen LogP contribution in [0, 0.1) is 5.92 Å². The van der Waals surface area contributed by atoms with Gasteiger partial charge in [0.1, 0.15) is 5.75 Å². The minimum atomic E-state index is -3.46. The van der Waals surface area contributed by atoms with Crippen molar-refractivity contribution in [3.8, 4) is 5.75 Å². The molecular formula is C19H33N3O3S. The topological polar surface area (TPSA) is 61.9 Å². The number of methoxy groups -OCH3 is 1. The van der Waals surface area contributed by atoms with E-state index in [-0.39, 0.29) is 6.04 Å². The standard InChI is InChI=1S/C19H33N3O3S/c1-5-21(6-2)19(17-10-7-11-18(13-17)25-4)14-20-26(23,24)22-12-8-9-16(3)15-22/h7,10-11,13,16,19-20H,5-6,8-9,12,14-15H2,1-4H3. The maximum atomic E-state index is 12.8. The highest BCUT2D eigenvalue weighted by Crippen LogP contribution is 2.24. The summed E-state index contributed by atoms with van der Waals surface area (Å²) >= 11 is 0. The summed E-state index contributed by atoms with van der Waals surface area (Å²) in [4.78, 5) is 2.26. The molecule has 1 heterocycles. The first-order valence-electron chi connectivity index (χ1n) is 9.54. The number of hydrogen-bond donors (Lipinski definition) is 1. The number of piperidine rings is 1. The third-order valence-corrected chi connectivity index (χ3v) is 6.69. The summed E-state index contributed by atoms with van der Waals surface area (Å²) in [7, 11) is -1.81. The number of rotatable bonds is 9. The SMILES string of the molecule is CCN(CC)C(CNS(=O)(=O)N1CCCC(C)C1)c1cccc(OC)c1. The maximum Gasteiger partial charge on any atom is 0.279 e. The molecule has 0 aliphatic carbocycles. The molecule has 1 aliphatic heterocycles. The van der Waals surface area contributed by atoms with Crippen LogP contribution in [0.2, 0.25) is 0 Å². The molecule has 7 heteroatoms. The Morgan fingerprint density at radius 2 is 2.08 bits per heavy atom. The summed E-state index contributed by atoms with van der Waals surface area (Å²) in [6.45, 7) is 9.55. The summed E-state index contributed by atoms with van der Waals surface area (Å²) in [6.07, 6.45) is 2.02. The zero-order valence-corrected chi connectivity index (χ0v) is 17.3. The number of hydrogen-bond acceptors (Lipinski definition) is 4. The Morgan fingerprint density at radius 1 is 1.35 bits per heavy atom. The van der Waals surface area contributed by atoms with Crippen LogP contribution in [0.4, 0.5) is 0 Å². The molecule has 0 bridgehead atoms. The average molecular weight is 384 g/mol. The Bertz CT molecular complexity index is 662. The minimum absolute atomic E-state index is 0.0305. The van der Waals surface area contributed by atoms with Gasteiger partial charge in [0.15, 0.2) is 0 Å². The highest BCUT2D eigenvalue weighted by atomic mass is 32.2. The maximum absolute atomic E-state index is 12.8. The first-order valence-corrected chi connectivity index (χ1v) is 11.0. The molecule has 1 aromatic carbocycles. The largest absolute Gasteiger partial charge is 0.497 e. The normalized spacial score (nSPS) is 20.3. The number of nitrogens with one attached hydrogen (secondary N) is 1. The van der Waals surface area contributed by atoms with Gasteiger partial charge in [-0.25, -0.2) is 4.72 Å². The second-order valence-corrected chi connectivity index (χ2v) is 8.73. The number of likely N-dealkylation sites (N-methyl/N-ethyl adjacent to an activating group) is 1. The van der Waals surface area contributed by atoms with Crippen molar-refractivity contribution in [1.82, 2.24) is 13.9 Å². The minimum Gasteiger partial charge on any atom is -0.497 e. The van der Waals surface area contributed by atoms with Gasteiger partial charge in [-0.3, -0.25) is 4.90 Å². The molecule has 0 amide bonds. The lowest BCUT2D eigenvalue weighted by atomic mass is 10.0. The second kappa shape index (κ2) is 9.69. The van der Waals surface area contributed by atoms with E-state index in [1.807, 2.05) is 24.3 Å². The molecule has 0 saturated carbocycles. The average Bonchev–Trinajstić information content (AvgIpc) is 2.65. The predicted molar refractivity (Wildman–Crippen MR) is 106 cm³/mol. The van der Waals surface area contributed by atoms with Crippen LogP contribution < -0.4 is 9.46 Å². The van der Waals surface area contributed by atoms with E-state index < -0.39 is 10.2 Å². The Balaban J connectivity index is 2.16. The van der Waals surface area contributed by atoms with Crippen molar-refractivity contribution in [3.63, 3.8) is 0 Å². The summed E-state index contributed by atoms with van der Waals surface area (Å²) in [5.41, 5.74) is 1.06. The van der Waals surface area contributed by atoms with Gasteiger partial charge in [0.2, 0.25) is 0 Å². The molecule has 2 rings (SSSR count). The fourth-order valence-corrected chi connectivity index (χ4v) is 4.98. The molecule has 0 radical (unpaired) electrons. The van der Waals surface area contributed by atoms with E-state index in [0.29, 0.717) is 25.6 Å². The van der Waals surface area contributed by atoms with E-state index in [4.69, 9.17) is 4.74 Å². The molecule has 1 aliphatic rings. The molecule has 2 atom stereocenters. The van der Waals surface area contributed by atoms with Gasteiger partial charge in [-0.2, -0.15) is 12.7 Å². The monoisotopic (exact) mass is 383 g/mol. The number of ether oxygens (including phenoxy) is 1. The molecule has 1 aromatic rings. The molecule has 1 fully saturated rings. The van der Waals surface area contributed by atoms with Crippen LogP contribution >= 0.6 is 0 Å². The lowest BCUT2D eigenvalue weighted by Crippen LogP contribution is -2.48.